The molecule has 0 saturated carbocycles. The van der Waals surface area contributed by atoms with Crippen LogP contribution in [0, 0.1) is 0 Å². The largest absolute Gasteiger partial charge is 0.495 e. The first-order valence-electron chi connectivity index (χ1n) is 20.8. The van der Waals surface area contributed by atoms with Crippen molar-refractivity contribution in [3.63, 3.8) is 0 Å². The molecule has 4 amide bonds. The quantitative estimate of drug-likeness (QED) is 0.0333. The topological polar surface area (TPSA) is 218 Å². The number of methoxy groups -OCH3 is 2. The molecule has 0 bridgehead atoms. The van der Waals surface area contributed by atoms with E-state index in [0.717, 1.165) is 25.0 Å². The van der Waals surface area contributed by atoms with Crippen LogP contribution in [-0.4, -0.2) is 67.4 Å². The summed E-state index contributed by atoms with van der Waals surface area (Å²) in [5, 5.41) is 26.6. The molecule has 0 aliphatic carbocycles. The fourth-order valence-electron chi connectivity index (χ4n) is 6.46. The molecule has 0 aromatic heterocycles. The summed E-state index contributed by atoms with van der Waals surface area (Å²) in [7, 11) is 2.92. The number of nitrogens with one attached hydrogen (secondary N) is 4. The highest BCUT2D eigenvalue weighted by Gasteiger charge is 2.26. The minimum atomic E-state index is -1.62. The summed E-state index contributed by atoms with van der Waals surface area (Å²) >= 11 is 31.3. The highest BCUT2D eigenvalue weighted by Crippen LogP contribution is 2.33. The van der Waals surface area contributed by atoms with Gasteiger partial charge in [-0.05, 0) is 130 Å². The third-order valence-electron chi connectivity index (χ3n) is 9.99. The number of azo groups is 2. The van der Waals surface area contributed by atoms with Crippen molar-refractivity contribution in [1.29, 1.82) is 0 Å². The monoisotopic (exact) mass is 1040 g/mol. The summed E-state index contributed by atoms with van der Waals surface area (Å²) in [6.07, 6.45) is 0.201. The molecule has 360 valence electrons. The van der Waals surface area contributed by atoms with E-state index in [1.807, 2.05) is 0 Å². The maximum atomic E-state index is 13.6. The Hall–Kier alpha value is -6.43. The zero-order valence-corrected chi connectivity index (χ0v) is 41.6. The van der Waals surface area contributed by atoms with Crippen LogP contribution < -0.4 is 30.7 Å². The molecule has 69 heavy (non-hydrogen) atoms. The SMILES string of the molecule is COc1ccc(C(C)Cl)cc1NC(=O)c1cc(Cl)cc(N=NC(C(C)=O)C(=O)Nc2ccc(NC(=O)C(N=Nc3cc(Cl)cc(C(=O)Nc4cc(C(C)Cl)ccc4OC)c3)C(C)=O)c(CCCl)c2)c1. The van der Waals surface area contributed by atoms with Crippen molar-refractivity contribution in [3.8, 4) is 11.5 Å². The highest BCUT2D eigenvalue weighted by molar-refractivity contribution is 6.32. The zero-order valence-electron chi connectivity index (χ0n) is 37.8. The van der Waals surface area contributed by atoms with Gasteiger partial charge in [-0.3, -0.25) is 28.8 Å². The average molecular weight is 1040 g/mol. The molecule has 5 aromatic rings. The van der Waals surface area contributed by atoms with E-state index in [4.69, 9.17) is 67.5 Å². The van der Waals surface area contributed by atoms with E-state index in [1.165, 1.54) is 68.8 Å². The van der Waals surface area contributed by atoms with Crippen LogP contribution in [0.25, 0.3) is 0 Å². The predicted octanol–water partition coefficient (Wildman–Crippen LogP) is 12.3. The lowest BCUT2D eigenvalue weighted by Gasteiger charge is -2.15. The Labute approximate surface area is 422 Å². The van der Waals surface area contributed by atoms with Crippen LogP contribution in [0.15, 0.2) is 111 Å². The van der Waals surface area contributed by atoms with E-state index in [0.29, 0.717) is 28.4 Å². The van der Waals surface area contributed by atoms with Crippen LogP contribution in [-0.2, 0) is 25.6 Å². The summed E-state index contributed by atoms with van der Waals surface area (Å²) in [6.45, 7) is 5.89. The molecule has 0 heterocycles. The van der Waals surface area contributed by atoms with E-state index in [9.17, 15) is 28.8 Å². The molecule has 0 radical (unpaired) electrons. The van der Waals surface area contributed by atoms with Crippen molar-refractivity contribution >= 4 is 127 Å². The number of halogens is 5. The molecule has 21 heteroatoms. The second-order valence-electron chi connectivity index (χ2n) is 15.2. The minimum Gasteiger partial charge on any atom is -0.495 e. The molecule has 0 aliphatic heterocycles. The van der Waals surface area contributed by atoms with Gasteiger partial charge < -0.3 is 30.7 Å². The Morgan fingerprint density at radius 1 is 0.565 bits per heavy atom. The summed E-state index contributed by atoms with van der Waals surface area (Å²) in [5.74, 6) is -3.19. The molecule has 4 unspecified atom stereocenters. The van der Waals surface area contributed by atoms with Gasteiger partial charge in [0.15, 0.2) is 11.6 Å². The van der Waals surface area contributed by atoms with Crippen LogP contribution >= 0.6 is 58.0 Å². The van der Waals surface area contributed by atoms with E-state index >= 15 is 0 Å². The van der Waals surface area contributed by atoms with Crippen molar-refractivity contribution in [2.24, 2.45) is 20.5 Å². The molecule has 4 atom stereocenters. The van der Waals surface area contributed by atoms with Crippen molar-refractivity contribution in [3.05, 3.63) is 129 Å². The molecular weight excluding hydrogens is 994 g/mol. The van der Waals surface area contributed by atoms with Gasteiger partial charge >= 0.3 is 0 Å². The summed E-state index contributed by atoms with van der Waals surface area (Å²) in [6, 6.07) is 19.8. The predicted molar refractivity (Wildman–Crippen MR) is 269 cm³/mol. The van der Waals surface area contributed by atoms with E-state index < -0.39 is 47.3 Å². The number of nitrogens with zero attached hydrogens (tertiary/aromatic N) is 4. The second-order valence-corrected chi connectivity index (χ2v) is 17.8. The van der Waals surface area contributed by atoms with Gasteiger partial charge in [0.25, 0.3) is 23.6 Å². The van der Waals surface area contributed by atoms with Crippen LogP contribution in [0.5, 0.6) is 11.5 Å². The van der Waals surface area contributed by atoms with E-state index in [1.54, 1.807) is 50.2 Å². The number of hydrogen-bond acceptors (Lipinski definition) is 12. The maximum Gasteiger partial charge on any atom is 0.258 e. The Kier molecular flexibility index (Phi) is 19.2. The lowest BCUT2D eigenvalue weighted by Crippen LogP contribution is -2.32. The Bertz CT molecular complexity index is 2840. The number of rotatable bonds is 20. The molecule has 4 N–H and O–H groups in total. The average Bonchev–Trinajstić information content (AvgIpc) is 3.29. The fraction of sp³-hybridized carbons (Fsp3) is 0.250. The van der Waals surface area contributed by atoms with Crippen molar-refractivity contribution in [1.82, 2.24) is 0 Å². The number of carbonyl (C=O) groups is 6. The van der Waals surface area contributed by atoms with Gasteiger partial charge in [-0.15, -0.1) is 34.8 Å². The van der Waals surface area contributed by atoms with Gasteiger partial charge in [-0.1, -0.05) is 35.3 Å². The van der Waals surface area contributed by atoms with E-state index in [2.05, 4.69) is 41.7 Å². The maximum absolute atomic E-state index is 13.6. The Balaban J connectivity index is 1.29. The van der Waals surface area contributed by atoms with Gasteiger partial charge in [-0.25, -0.2) is 0 Å². The second kappa shape index (κ2) is 24.7. The summed E-state index contributed by atoms with van der Waals surface area (Å²) < 4.78 is 10.8. The fourth-order valence-corrected chi connectivity index (χ4v) is 7.39. The van der Waals surface area contributed by atoms with Crippen LogP contribution in [0.1, 0.15) is 75.9 Å². The number of alkyl halides is 3. The third kappa shape index (κ3) is 14.8. The molecule has 0 aliphatic rings. The summed E-state index contributed by atoms with van der Waals surface area (Å²) in [5.41, 5.74) is 3.50. The van der Waals surface area contributed by atoms with Crippen molar-refractivity contribution < 1.29 is 38.2 Å². The zero-order chi connectivity index (χ0) is 50.5. The first-order valence-corrected chi connectivity index (χ1v) is 23.0. The first kappa shape index (κ1) is 53.5. The molecule has 5 rings (SSSR count). The van der Waals surface area contributed by atoms with Gasteiger partial charge in [0.05, 0.1) is 47.7 Å². The van der Waals surface area contributed by atoms with E-state index in [-0.39, 0.29) is 67.0 Å². The molecule has 5 aromatic carbocycles. The molecule has 0 spiro atoms. The van der Waals surface area contributed by atoms with Crippen molar-refractivity contribution in [2.45, 2.75) is 57.0 Å². The number of aryl methyl sites for hydroxylation is 1. The number of ketones is 2. The smallest absolute Gasteiger partial charge is 0.258 e. The minimum absolute atomic E-state index is 0.0783. The number of carbonyl (C=O) groups excluding carboxylic acids is 6. The van der Waals surface area contributed by atoms with Gasteiger partial charge in [0, 0.05) is 38.4 Å². The number of amides is 4. The number of anilines is 4. The normalized spacial score (nSPS) is 13.0. The molecule has 0 fully saturated rings. The number of benzene rings is 5. The summed E-state index contributed by atoms with van der Waals surface area (Å²) in [4.78, 5) is 79.1. The number of ether oxygens (including phenoxy) is 2. The molecule has 16 nitrogen and oxygen atoms in total. The Morgan fingerprint density at radius 2 is 1.01 bits per heavy atom. The first-order chi connectivity index (χ1) is 32.8. The third-order valence-corrected chi connectivity index (χ3v) is 11.1. The number of Topliss-reactive ketones (excluding diaryl/α,β-unsaturated/α-hetero) is 2. The lowest BCUT2D eigenvalue weighted by atomic mass is 10.1. The standard InChI is InChI=1S/C48H45Cl5N8O8/c1-24(50)28-7-11-41(68-5)39(20-28)56-45(64)31-15-33(52)22-36(18-31)58-60-43(26(3)62)47(66)54-35-9-10-38(30(17-35)13-14-49)55-48(67)44(27(4)63)61-59-37-19-32(16-34(53)23-37)46(65)57-40-21-29(25(2)51)8-12-42(40)69-6/h7-12,15-25,43-44H,13-14H2,1-6H3,(H,54,66)(H,55,67)(H,56,64)(H,57,65). The van der Waals surface area contributed by atoms with Gasteiger partial charge in [0.1, 0.15) is 11.5 Å². The van der Waals surface area contributed by atoms with Crippen LogP contribution in [0.4, 0.5) is 34.1 Å². The highest BCUT2D eigenvalue weighted by atomic mass is 35.5. The molecule has 0 saturated heterocycles. The van der Waals surface area contributed by atoms with Crippen LogP contribution in [0.2, 0.25) is 10.0 Å². The lowest BCUT2D eigenvalue weighted by molar-refractivity contribution is -0.127. The van der Waals surface area contributed by atoms with Gasteiger partial charge in [0.2, 0.25) is 12.1 Å². The number of hydrogen-bond donors (Lipinski definition) is 4. The van der Waals surface area contributed by atoms with Crippen molar-refractivity contribution in [2.75, 3.05) is 41.4 Å². The Morgan fingerprint density at radius 3 is 1.42 bits per heavy atom. The van der Waals surface area contributed by atoms with Gasteiger partial charge in [-0.2, -0.15) is 20.5 Å². The van der Waals surface area contributed by atoms with Crippen LogP contribution in [0.3, 0.4) is 0 Å². The molecular formula is C48H45Cl5N8O8.